The molecule has 0 unspecified atom stereocenters. The van der Waals surface area contributed by atoms with Crippen molar-refractivity contribution < 1.29 is 17.9 Å². The highest BCUT2D eigenvalue weighted by molar-refractivity contribution is 5.44. The van der Waals surface area contributed by atoms with Crippen molar-refractivity contribution in [3.05, 3.63) is 41.2 Å². The average molecular weight is 329 g/mol. The van der Waals surface area contributed by atoms with Gasteiger partial charge in [0, 0.05) is 12.6 Å². The summed E-state index contributed by atoms with van der Waals surface area (Å²) >= 11 is 0. The van der Waals surface area contributed by atoms with Crippen molar-refractivity contribution in [2.45, 2.75) is 40.4 Å². The van der Waals surface area contributed by atoms with Crippen LogP contribution in [0.4, 0.5) is 13.2 Å². The number of nitrogens with two attached hydrogens (primary N) is 1. The molecule has 4 nitrogen and oxygen atoms in total. The van der Waals surface area contributed by atoms with E-state index in [1.54, 1.807) is 12.1 Å². The van der Waals surface area contributed by atoms with Gasteiger partial charge in [0.1, 0.15) is 5.75 Å². The van der Waals surface area contributed by atoms with Crippen molar-refractivity contribution in [2.24, 2.45) is 5.73 Å². The number of hydrogen-bond donors (Lipinski definition) is 1. The maximum Gasteiger partial charge on any atom is 0.435 e. The van der Waals surface area contributed by atoms with Gasteiger partial charge in [-0.2, -0.15) is 18.3 Å². The lowest BCUT2D eigenvalue weighted by atomic mass is 10.2. The number of rotatable bonds is 4. The van der Waals surface area contributed by atoms with Crippen molar-refractivity contribution in [3.63, 3.8) is 0 Å². The number of ether oxygens (including phenoxy) is 1. The number of aromatic nitrogens is 2. The summed E-state index contributed by atoms with van der Waals surface area (Å²) in [5.41, 5.74) is 6.21. The number of alkyl halides is 3. The van der Waals surface area contributed by atoms with Gasteiger partial charge in [-0.05, 0) is 37.6 Å². The van der Waals surface area contributed by atoms with E-state index >= 15 is 0 Å². The van der Waals surface area contributed by atoms with Crippen LogP contribution in [0.2, 0.25) is 0 Å². The molecule has 23 heavy (non-hydrogen) atoms. The van der Waals surface area contributed by atoms with Gasteiger partial charge >= 0.3 is 6.18 Å². The first-order chi connectivity index (χ1) is 10.8. The molecule has 0 radical (unpaired) electrons. The lowest BCUT2D eigenvalue weighted by Gasteiger charge is -2.10. The Balaban J connectivity index is 0.00000127. The standard InChI is InChI=1S/C14H16F3N3O.C2H6/c1-3-21-12-5-9(2)4-10(6-12)20-11(8-18)7-13(19-20)14(15,16)17;1-2/h4-7H,3,8,18H2,1-2H3;1-2H3. The molecule has 128 valence electrons. The maximum atomic E-state index is 12.8. The molecule has 2 rings (SSSR count). The van der Waals surface area contributed by atoms with E-state index in [1.165, 1.54) is 4.68 Å². The molecule has 7 heteroatoms. The van der Waals surface area contributed by atoms with E-state index in [4.69, 9.17) is 10.5 Å². The third-order valence-corrected chi connectivity index (χ3v) is 2.87. The number of benzene rings is 1. The van der Waals surface area contributed by atoms with Crippen LogP contribution in [-0.4, -0.2) is 16.4 Å². The maximum absolute atomic E-state index is 12.8. The zero-order valence-corrected chi connectivity index (χ0v) is 13.7. The van der Waals surface area contributed by atoms with E-state index in [0.717, 1.165) is 11.6 Å². The highest BCUT2D eigenvalue weighted by Crippen LogP contribution is 2.30. The van der Waals surface area contributed by atoms with Gasteiger partial charge in [-0.3, -0.25) is 0 Å². The van der Waals surface area contributed by atoms with E-state index in [1.807, 2.05) is 33.8 Å². The van der Waals surface area contributed by atoms with Crippen LogP contribution < -0.4 is 10.5 Å². The Hall–Kier alpha value is -2.02. The Morgan fingerprint density at radius 2 is 1.83 bits per heavy atom. The molecule has 0 aliphatic carbocycles. The minimum atomic E-state index is -4.50. The van der Waals surface area contributed by atoms with Crippen molar-refractivity contribution in [3.8, 4) is 11.4 Å². The van der Waals surface area contributed by atoms with E-state index in [-0.39, 0.29) is 12.2 Å². The molecule has 2 N–H and O–H groups in total. The highest BCUT2D eigenvalue weighted by atomic mass is 19.4. The summed E-state index contributed by atoms with van der Waals surface area (Å²) < 4.78 is 44.9. The number of halogens is 3. The van der Waals surface area contributed by atoms with E-state index in [2.05, 4.69) is 5.10 Å². The molecular weight excluding hydrogens is 307 g/mol. The number of hydrogen-bond acceptors (Lipinski definition) is 3. The van der Waals surface area contributed by atoms with Crippen molar-refractivity contribution in [1.29, 1.82) is 0 Å². The Kier molecular flexibility index (Phi) is 6.62. The van der Waals surface area contributed by atoms with Gasteiger partial charge in [-0.1, -0.05) is 13.8 Å². The summed E-state index contributed by atoms with van der Waals surface area (Å²) in [5, 5.41) is 3.62. The molecule has 1 aromatic carbocycles. The normalized spacial score (nSPS) is 11.0. The Bertz CT molecular complexity index is 636. The van der Waals surface area contributed by atoms with Crippen LogP contribution in [0, 0.1) is 6.92 Å². The first-order valence-corrected chi connectivity index (χ1v) is 7.46. The number of aryl methyl sites for hydroxylation is 1. The first-order valence-electron chi connectivity index (χ1n) is 7.46. The van der Waals surface area contributed by atoms with Gasteiger partial charge < -0.3 is 10.5 Å². The van der Waals surface area contributed by atoms with E-state index in [0.29, 0.717) is 18.0 Å². The Morgan fingerprint density at radius 1 is 1.17 bits per heavy atom. The van der Waals surface area contributed by atoms with Crippen LogP contribution in [0.3, 0.4) is 0 Å². The molecule has 0 saturated carbocycles. The lowest BCUT2D eigenvalue weighted by molar-refractivity contribution is -0.141. The smallest absolute Gasteiger partial charge is 0.435 e. The van der Waals surface area contributed by atoms with Gasteiger partial charge in [0.25, 0.3) is 0 Å². The summed E-state index contributed by atoms with van der Waals surface area (Å²) in [6, 6.07) is 6.14. The molecule has 0 bridgehead atoms. The minimum absolute atomic E-state index is 0.0407. The largest absolute Gasteiger partial charge is 0.494 e. The topological polar surface area (TPSA) is 53.1 Å². The van der Waals surface area contributed by atoms with Crippen LogP contribution in [0.5, 0.6) is 5.75 Å². The Labute approximate surface area is 134 Å². The Morgan fingerprint density at radius 3 is 2.35 bits per heavy atom. The van der Waals surface area contributed by atoms with Gasteiger partial charge in [0.15, 0.2) is 5.69 Å². The van der Waals surface area contributed by atoms with Crippen molar-refractivity contribution in [2.75, 3.05) is 6.61 Å². The molecule has 2 aromatic rings. The monoisotopic (exact) mass is 329 g/mol. The summed E-state index contributed by atoms with van der Waals surface area (Å²) in [7, 11) is 0. The van der Waals surface area contributed by atoms with Gasteiger partial charge in [-0.25, -0.2) is 4.68 Å². The molecule has 0 aliphatic heterocycles. The van der Waals surface area contributed by atoms with Crippen molar-refractivity contribution in [1.82, 2.24) is 9.78 Å². The lowest BCUT2D eigenvalue weighted by Crippen LogP contribution is -2.09. The summed E-state index contributed by atoms with van der Waals surface area (Å²) in [5.74, 6) is 0.583. The minimum Gasteiger partial charge on any atom is -0.494 e. The third-order valence-electron chi connectivity index (χ3n) is 2.87. The second-order valence-electron chi connectivity index (χ2n) is 4.57. The van der Waals surface area contributed by atoms with Crippen LogP contribution in [0.1, 0.15) is 37.7 Å². The fourth-order valence-corrected chi connectivity index (χ4v) is 2.03. The van der Waals surface area contributed by atoms with Crippen LogP contribution in [0.15, 0.2) is 24.3 Å². The average Bonchev–Trinajstić information content (AvgIpc) is 2.93. The molecule has 0 amide bonds. The molecule has 1 heterocycles. The molecule has 0 spiro atoms. The fraction of sp³-hybridized carbons (Fsp3) is 0.438. The quantitative estimate of drug-likeness (QED) is 0.919. The van der Waals surface area contributed by atoms with Gasteiger partial charge in [-0.15, -0.1) is 0 Å². The third kappa shape index (κ3) is 4.72. The van der Waals surface area contributed by atoms with Crippen LogP contribution in [-0.2, 0) is 12.7 Å². The zero-order valence-electron chi connectivity index (χ0n) is 13.7. The van der Waals surface area contributed by atoms with E-state index < -0.39 is 11.9 Å². The first kappa shape index (κ1) is 19.0. The summed E-state index contributed by atoms with van der Waals surface area (Å²) in [4.78, 5) is 0. The molecule has 0 fully saturated rings. The zero-order chi connectivity index (χ0) is 17.6. The SMILES string of the molecule is CC.CCOc1cc(C)cc(-n2nc(C(F)(F)F)cc2CN)c1. The molecule has 1 aromatic heterocycles. The van der Waals surface area contributed by atoms with Crippen LogP contribution in [0.25, 0.3) is 5.69 Å². The fourth-order valence-electron chi connectivity index (χ4n) is 2.03. The predicted molar refractivity (Wildman–Crippen MR) is 83.7 cm³/mol. The van der Waals surface area contributed by atoms with Gasteiger partial charge in [0.2, 0.25) is 0 Å². The molecular formula is C16H22F3N3O. The highest BCUT2D eigenvalue weighted by Gasteiger charge is 2.34. The van der Waals surface area contributed by atoms with Gasteiger partial charge in [0.05, 0.1) is 18.0 Å². The summed E-state index contributed by atoms with van der Waals surface area (Å²) in [6.45, 7) is 8.10. The predicted octanol–water partition coefficient (Wildman–Crippen LogP) is 4.08. The molecule has 0 saturated heterocycles. The molecule has 0 atom stereocenters. The van der Waals surface area contributed by atoms with E-state index in [9.17, 15) is 13.2 Å². The molecule has 0 aliphatic rings. The number of nitrogens with zero attached hydrogens (tertiary/aromatic N) is 2. The summed E-state index contributed by atoms with van der Waals surface area (Å²) in [6.07, 6.45) is -4.50. The van der Waals surface area contributed by atoms with Crippen molar-refractivity contribution >= 4 is 0 Å². The second-order valence-corrected chi connectivity index (χ2v) is 4.57. The second kappa shape index (κ2) is 8.01. The van der Waals surface area contributed by atoms with Crippen LogP contribution >= 0.6 is 0 Å².